The molecule has 0 unspecified atom stereocenters. The number of halogens is 1. The molecule has 1 saturated heterocycles. The number of likely N-dealkylation sites (tertiary alicyclic amines) is 1. The number of aromatic nitrogens is 2. The predicted molar refractivity (Wildman–Crippen MR) is 124 cm³/mol. The second-order valence-electron chi connectivity index (χ2n) is 9.59. The minimum atomic E-state index is -0.606. The summed E-state index contributed by atoms with van der Waals surface area (Å²) in [5.41, 5.74) is 1.33. The molecule has 2 saturated carbocycles. The number of benzene rings is 2. The minimum absolute atomic E-state index is 0.0218. The Bertz CT molecular complexity index is 1330. The van der Waals surface area contributed by atoms with Crippen LogP contribution >= 0.6 is 0 Å². The Kier molecular flexibility index (Phi) is 4.79. The van der Waals surface area contributed by atoms with E-state index in [-0.39, 0.29) is 41.9 Å². The lowest BCUT2D eigenvalue weighted by atomic mass is 10.1. The van der Waals surface area contributed by atoms with Crippen molar-refractivity contribution in [2.24, 2.45) is 5.92 Å². The highest BCUT2D eigenvalue weighted by atomic mass is 19.1. The van der Waals surface area contributed by atoms with Gasteiger partial charge in [-0.25, -0.2) is 4.39 Å². The van der Waals surface area contributed by atoms with E-state index in [1.54, 1.807) is 32.7 Å². The second-order valence-corrected chi connectivity index (χ2v) is 9.59. The van der Waals surface area contributed by atoms with Crippen LogP contribution in [0.25, 0.3) is 10.9 Å². The molecule has 0 N–H and O–H groups in total. The number of nitrogens with zero attached hydrogens (tertiary/aromatic N) is 4. The summed E-state index contributed by atoms with van der Waals surface area (Å²) >= 11 is 0. The molecule has 0 spiro atoms. The molecule has 3 aliphatic rings. The van der Waals surface area contributed by atoms with Gasteiger partial charge in [-0.15, -0.1) is 0 Å². The van der Waals surface area contributed by atoms with E-state index in [0.717, 1.165) is 19.3 Å². The van der Waals surface area contributed by atoms with Crippen molar-refractivity contribution in [3.05, 3.63) is 60.0 Å². The molecular weight excluding hydrogens is 435 g/mol. The van der Waals surface area contributed by atoms with Crippen LogP contribution < -0.4 is 4.90 Å². The molecule has 6 rings (SSSR count). The van der Waals surface area contributed by atoms with E-state index in [0.29, 0.717) is 28.9 Å². The van der Waals surface area contributed by atoms with E-state index >= 15 is 0 Å². The van der Waals surface area contributed by atoms with Gasteiger partial charge in [0.25, 0.3) is 0 Å². The van der Waals surface area contributed by atoms with Crippen LogP contribution in [0.15, 0.2) is 48.5 Å². The van der Waals surface area contributed by atoms with Crippen LogP contribution in [0, 0.1) is 11.7 Å². The first-order valence-corrected chi connectivity index (χ1v) is 11.8. The first-order valence-electron chi connectivity index (χ1n) is 11.8. The molecular formula is C26H25FN4O3. The summed E-state index contributed by atoms with van der Waals surface area (Å²) in [6, 6.07) is 13.1. The normalized spacial score (nSPS) is 23.1. The molecule has 2 heterocycles. The van der Waals surface area contributed by atoms with Gasteiger partial charge in [-0.3, -0.25) is 19.1 Å². The average Bonchev–Trinajstić information content (AvgIpc) is 3.74. The van der Waals surface area contributed by atoms with Crippen molar-refractivity contribution in [2.75, 3.05) is 4.90 Å². The largest absolute Gasteiger partial charge is 0.326 e. The zero-order valence-electron chi connectivity index (χ0n) is 18.9. The summed E-state index contributed by atoms with van der Waals surface area (Å²) in [6.07, 6.45) is 3.16. The van der Waals surface area contributed by atoms with Crippen LogP contribution in [0.1, 0.15) is 43.1 Å². The topological polar surface area (TPSA) is 75.5 Å². The van der Waals surface area contributed by atoms with Gasteiger partial charge < -0.3 is 9.80 Å². The van der Waals surface area contributed by atoms with Gasteiger partial charge in [0.15, 0.2) is 5.78 Å². The number of carbonyl (C=O) groups is 3. The summed E-state index contributed by atoms with van der Waals surface area (Å²) in [5, 5.41) is 5.12. The van der Waals surface area contributed by atoms with Crippen LogP contribution in [-0.2, 0) is 16.1 Å². The van der Waals surface area contributed by atoms with E-state index in [9.17, 15) is 18.8 Å². The lowest BCUT2D eigenvalue weighted by Gasteiger charge is -2.32. The number of para-hydroxylation sites is 2. The maximum atomic E-state index is 14.6. The average molecular weight is 461 g/mol. The van der Waals surface area contributed by atoms with Crippen molar-refractivity contribution in [3.63, 3.8) is 0 Å². The summed E-state index contributed by atoms with van der Waals surface area (Å²) in [6.45, 7) is 1.41. The van der Waals surface area contributed by atoms with Crippen LogP contribution in [0.5, 0.6) is 0 Å². The molecule has 3 fully saturated rings. The molecule has 3 aromatic rings. The van der Waals surface area contributed by atoms with Crippen molar-refractivity contribution in [1.82, 2.24) is 14.7 Å². The van der Waals surface area contributed by atoms with E-state index in [1.165, 1.54) is 13.0 Å². The van der Waals surface area contributed by atoms with E-state index in [1.807, 2.05) is 24.3 Å². The zero-order chi connectivity index (χ0) is 23.6. The lowest BCUT2D eigenvalue weighted by molar-refractivity contribution is -0.139. The SMILES string of the molecule is CC(=O)c1nn(CC(=O)N2[C@@H]3C[C@@H]3C[C@H]2C(=O)N(c2ccccc2F)C2CC2)c2ccccc12. The molecule has 0 bridgehead atoms. The number of anilines is 1. The van der Waals surface area contributed by atoms with Crippen LogP contribution in [-0.4, -0.2) is 50.4 Å². The molecule has 8 heteroatoms. The molecule has 1 aliphatic heterocycles. The van der Waals surface area contributed by atoms with Gasteiger partial charge in [-0.2, -0.15) is 5.10 Å². The summed E-state index contributed by atoms with van der Waals surface area (Å²) in [7, 11) is 0. The van der Waals surface area contributed by atoms with Crippen molar-refractivity contribution in [3.8, 4) is 0 Å². The van der Waals surface area contributed by atoms with Crippen molar-refractivity contribution < 1.29 is 18.8 Å². The van der Waals surface area contributed by atoms with Gasteiger partial charge in [0.1, 0.15) is 24.1 Å². The van der Waals surface area contributed by atoms with Crippen LogP contribution in [0.2, 0.25) is 0 Å². The van der Waals surface area contributed by atoms with Crippen LogP contribution in [0.3, 0.4) is 0 Å². The van der Waals surface area contributed by atoms with Gasteiger partial charge in [-0.1, -0.05) is 30.3 Å². The number of fused-ring (bicyclic) bond motifs is 2. The van der Waals surface area contributed by atoms with E-state index in [2.05, 4.69) is 5.10 Å². The van der Waals surface area contributed by atoms with Crippen molar-refractivity contribution >= 4 is 34.2 Å². The highest BCUT2D eigenvalue weighted by molar-refractivity contribution is 6.05. The van der Waals surface area contributed by atoms with Crippen molar-refractivity contribution in [1.29, 1.82) is 0 Å². The monoisotopic (exact) mass is 460 g/mol. The van der Waals surface area contributed by atoms with Crippen LogP contribution in [0.4, 0.5) is 10.1 Å². The maximum Gasteiger partial charge on any atom is 0.250 e. The minimum Gasteiger partial charge on any atom is -0.326 e. The van der Waals surface area contributed by atoms with Gasteiger partial charge >= 0.3 is 0 Å². The highest BCUT2D eigenvalue weighted by Crippen LogP contribution is 2.49. The fourth-order valence-corrected chi connectivity index (χ4v) is 5.39. The number of hydrogen-bond donors (Lipinski definition) is 0. The smallest absolute Gasteiger partial charge is 0.250 e. The summed E-state index contributed by atoms with van der Waals surface area (Å²) in [4.78, 5) is 42.6. The lowest BCUT2D eigenvalue weighted by Crippen LogP contribution is -2.51. The Morgan fingerprint density at radius 1 is 1.06 bits per heavy atom. The predicted octanol–water partition coefficient (Wildman–Crippen LogP) is 3.56. The number of piperidine rings is 1. The van der Waals surface area contributed by atoms with Gasteiger partial charge in [-0.05, 0) is 49.8 Å². The third-order valence-corrected chi connectivity index (χ3v) is 7.22. The zero-order valence-corrected chi connectivity index (χ0v) is 18.9. The highest BCUT2D eigenvalue weighted by Gasteiger charge is 2.57. The Hall–Kier alpha value is -3.55. The molecule has 0 radical (unpaired) electrons. The fourth-order valence-electron chi connectivity index (χ4n) is 5.39. The van der Waals surface area contributed by atoms with E-state index < -0.39 is 11.9 Å². The number of ketones is 1. The standard InChI is InChI=1S/C26H25FN4O3/c1-15(32)25-18-6-2-4-8-20(18)29(28-25)14-24(33)31-22-12-16(22)13-23(31)26(34)30(17-10-11-17)21-9-5-3-7-19(21)27/h2-9,16-17,22-23H,10-14H2,1H3/t16-,22-,23+/m1/s1. The van der Waals surface area contributed by atoms with Gasteiger partial charge in [0.05, 0.1) is 11.2 Å². The Morgan fingerprint density at radius 2 is 1.79 bits per heavy atom. The van der Waals surface area contributed by atoms with E-state index in [4.69, 9.17) is 0 Å². The maximum absolute atomic E-state index is 14.6. The molecule has 2 amide bonds. The number of carbonyl (C=O) groups excluding carboxylic acids is 3. The fraction of sp³-hybridized carbons (Fsp3) is 0.385. The molecule has 2 aliphatic carbocycles. The first kappa shape index (κ1) is 21.0. The number of amides is 2. The molecule has 1 aromatic heterocycles. The third-order valence-electron chi connectivity index (χ3n) is 7.22. The summed E-state index contributed by atoms with van der Waals surface area (Å²) in [5.74, 6) is -0.687. The number of hydrogen-bond acceptors (Lipinski definition) is 4. The third kappa shape index (κ3) is 3.40. The Morgan fingerprint density at radius 3 is 2.53 bits per heavy atom. The quantitative estimate of drug-likeness (QED) is 0.527. The first-order chi connectivity index (χ1) is 16.4. The van der Waals surface area contributed by atoms with Gasteiger partial charge in [0.2, 0.25) is 11.8 Å². The van der Waals surface area contributed by atoms with Crippen molar-refractivity contribution in [2.45, 2.75) is 57.3 Å². The molecule has 34 heavy (non-hydrogen) atoms. The molecule has 2 aromatic carbocycles. The number of Topliss-reactive ketones (excluding diaryl/α,β-unsaturated/α-hetero) is 1. The number of rotatable bonds is 6. The molecule has 7 nitrogen and oxygen atoms in total. The second kappa shape index (κ2) is 7.75. The van der Waals surface area contributed by atoms with Gasteiger partial charge in [0, 0.05) is 24.4 Å². The summed E-state index contributed by atoms with van der Waals surface area (Å²) < 4.78 is 16.2. The molecule has 174 valence electrons. The molecule has 3 atom stereocenters. The Labute approximate surface area is 196 Å². The Balaban J connectivity index is 1.30.